The Hall–Kier alpha value is -3.38. The lowest BCUT2D eigenvalue weighted by atomic mass is 10.1. The van der Waals surface area contributed by atoms with E-state index in [2.05, 4.69) is 27.8 Å². The molecular formula is C27H34N4O2. The number of aryl methyl sites for hydroxylation is 1. The minimum Gasteiger partial charge on any atom is -0.497 e. The van der Waals surface area contributed by atoms with E-state index in [1.165, 1.54) is 5.56 Å². The number of amides is 1. The topological polar surface area (TPSA) is 68.2 Å². The molecule has 0 bridgehead atoms. The largest absolute Gasteiger partial charge is 0.497 e. The van der Waals surface area contributed by atoms with Gasteiger partial charge in [0, 0.05) is 31.0 Å². The lowest BCUT2D eigenvalue weighted by Crippen LogP contribution is -2.24. The van der Waals surface area contributed by atoms with Crippen molar-refractivity contribution in [2.75, 3.05) is 26.7 Å². The van der Waals surface area contributed by atoms with E-state index in [-0.39, 0.29) is 5.91 Å². The van der Waals surface area contributed by atoms with Crippen molar-refractivity contribution in [3.63, 3.8) is 0 Å². The summed E-state index contributed by atoms with van der Waals surface area (Å²) in [4.78, 5) is 16.1. The molecule has 0 atom stereocenters. The first kappa shape index (κ1) is 24.3. The number of hydrogen-bond donors (Lipinski definition) is 2. The molecule has 0 spiro atoms. The summed E-state index contributed by atoms with van der Waals surface area (Å²) in [5.74, 6) is 0.963. The van der Waals surface area contributed by atoms with Gasteiger partial charge >= 0.3 is 0 Å². The van der Waals surface area contributed by atoms with E-state index in [1.54, 1.807) is 19.6 Å². The molecule has 0 aliphatic rings. The molecule has 174 valence electrons. The fourth-order valence-electron chi connectivity index (χ4n) is 3.48. The molecule has 33 heavy (non-hydrogen) atoms. The summed E-state index contributed by atoms with van der Waals surface area (Å²) in [7, 11) is 1.69. The van der Waals surface area contributed by atoms with E-state index in [0.717, 1.165) is 62.3 Å². The molecule has 6 nitrogen and oxygen atoms in total. The third-order valence-corrected chi connectivity index (χ3v) is 5.39. The van der Waals surface area contributed by atoms with Crippen molar-refractivity contribution >= 4 is 12.0 Å². The molecule has 0 saturated heterocycles. The average molecular weight is 447 g/mol. The summed E-state index contributed by atoms with van der Waals surface area (Å²) >= 11 is 0. The lowest BCUT2D eigenvalue weighted by molar-refractivity contribution is -0.120. The zero-order valence-electron chi connectivity index (χ0n) is 19.4. The van der Waals surface area contributed by atoms with Crippen LogP contribution in [0.4, 0.5) is 0 Å². The summed E-state index contributed by atoms with van der Waals surface area (Å²) in [5, 5.41) is 6.47. The number of methoxy groups -OCH3 is 1. The standard InChI is InChI=1S/C27H34N4O2/c1-33-26-15-11-24(12-16-26)7-5-18-28-17-2-3-19-30-27(32)8-4-6-23-9-13-25(14-10-23)31-21-20-29-22-31/h4,6,9-16,20-22,28H,2-3,5,7-8,17-19H2,1H3,(H,30,32)/b6-4+. The van der Waals surface area contributed by atoms with Crippen LogP contribution in [0.15, 0.2) is 73.3 Å². The second-order valence-electron chi connectivity index (χ2n) is 7.93. The smallest absolute Gasteiger partial charge is 0.223 e. The van der Waals surface area contributed by atoms with Crippen LogP contribution in [-0.2, 0) is 11.2 Å². The molecule has 0 fully saturated rings. The molecule has 2 aromatic carbocycles. The Kier molecular flexibility index (Phi) is 10.2. The van der Waals surface area contributed by atoms with Crippen LogP contribution in [0.5, 0.6) is 5.75 Å². The van der Waals surface area contributed by atoms with Crippen LogP contribution in [0.25, 0.3) is 11.8 Å². The first-order valence-corrected chi connectivity index (χ1v) is 11.6. The van der Waals surface area contributed by atoms with Crippen LogP contribution in [0, 0.1) is 0 Å². The maximum atomic E-state index is 12.0. The van der Waals surface area contributed by atoms with E-state index in [1.807, 2.05) is 59.3 Å². The molecular weight excluding hydrogens is 412 g/mol. The maximum Gasteiger partial charge on any atom is 0.223 e. The highest BCUT2D eigenvalue weighted by Crippen LogP contribution is 2.12. The van der Waals surface area contributed by atoms with Crippen molar-refractivity contribution in [3.8, 4) is 11.4 Å². The van der Waals surface area contributed by atoms with Gasteiger partial charge in [0.2, 0.25) is 5.91 Å². The van der Waals surface area contributed by atoms with Gasteiger partial charge in [-0.25, -0.2) is 4.98 Å². The van der Waals surface area contributed by atoms with Crippen molar-refractivity contribution in [2.24, 2.45) is 0 Å². The predicted octanol–water partition coefficient (Wildman–Crippen LogP) is 4.40. The number of nitrogens with zero attached hydrogens (tertiary/aromatic N) is 2. The molecule has 0 saturated carbocycles. The van der Waals surface area contributed by atoms with Gasteiger partial charge in [0.1, 0.15) is 5.75 Å². The molecule has 1 amide bonds. The summed E-state index contributed by atoms with van der Waals surface area (Å²) in [6, 6.07) is 16.4. The maximum absolute atomic E-state index is 12.0. The van der Waals surface area contributed by atoms with E-state index < -0.39 is 0 Å². The highest BCUT2D eigenvalue weighted by Gasteiger charge is 1.99. The molecule has 0 aliphatic heterocycles. The van der Waals surface area contributed by atoms with Crippen molar-refractivity contribution in [1.82, 2.24) is 20.2 Å². The molecule has 6 heteroatoms. The molecule has 3 aromatic rings. The molecule has 0 radical (unpaired) electrons. The van der Waals surface area contributed by atoms with Gasteiger partial charge in [0.05, 0.1) is 13.4 Å². The number of nitrogens with one attached hydrogen (secondary N) is 2. The Morgan fingerprint density at radius 3 is 2.48 bits per heavy atom. The van der Waals surface area contributed by atoms with Gasteiger partial charge in [0.15, 0.2) is 0 Å². The fraction of sp³-hybridized carbons (Fsp3) is 0.333. The predicted molar refractivity (Wildman–Crippen MR) is 134 cm³/mol. The van der Waals surface area contributed by atoms with Gasteiger partial charge in [0.25, 0.3) is 0 Å². The number of aromatic nitrogens is 2. The third kappa shape index (κ3) is 8.94. The zero-order chi connectivity index (χ0) is 23.1. The van der Waals surface area contributed by atoms with Gasteiger partial charge in [-0.2, -0.15) is 0 Å². The number of imidazole rings is 1. The molecule has 2 N–H and O–H groups in total. The molecule has 0 unspecified atom stereocenters. The summed E-state index contributed by atoms with van der Waals surface area (Å²) < 4.78 is 7.14. The minimum absolute atomic E-state index is 0.0636. The van der Waals surface area contributed by atoms with Crippen molar-refractivity contribution in [3.05, 3.63) is 84.5 Å². The van der Waals surface area contributed by atoms with E-state index in [0.29, 0.717) is 6.42 Å². The molecule has 0 aliphatic carbocycles. The monoisotopic (exact) mass is 446 g/mol. The average Bonchev–Trinajstić information content (AvgIpc) is 3.39. The Morgan fingerprint density at radius 1 is 1.00 bits per heavy atom. The molecule has 3 rings (SSSR count). The van der Waals surface area contributed by atoms with Crippen LogP contribution >= 0.6 is 0 Å². The summed E-state index contributed by atoms with van der Waals surface area (Å²) in [6.07, 6.45) is 13.9. The molecule has 1 aromatic heterocycles. The summed E-state index contributed by atoms with van der Waals surface area (Å²) in [6.45, 7) is 2.71. The normalized spacial score (nSPS) is 11.1. The van der Waals surface area contributed by atoms with Crippen LogP contribution in [0.2, 0.25) is 0 Å². The number of unbranched alkanes of at least 4 members (excludes halogenated alkanes) is 1. The number of benzene rings is 2. The van der Waals surface area contributed by atoms with E-state index in [9.17, 15) is 4.79 Å². The van der Waals surface area contributed by atoms with Crippen molar-refractivity contribution in [2.45, 2.75) is 32.1 Å². The van der Waals surface area contributed by atoms with Crippen molar-refractivity contribution in [1.29, 1.82) is 0 Å². The van der Waals surface area contributed by atoms with Crippen molar-refractivity contribution < 1.29 is 9.53 Å². The van der Waals surface area contributed by atoms with Gasteiger partial charge in [-0.05, 0) is 74.2 Å². The van der Waals surface area contributed by atoms with Gasteiger partial charge < -0.3 is 19.9 Å². The second kappa shape index (κ2) is 13.9. The SMILES string of the molecule is COc1ccc(CCCNCCCCNC(=O)C/C=C/c2ccc(-n3ccnc3)cc2)cc1. The number of carbonyl (C=O) groups is 1. The first-order valence-electron chi connectivity index (χ1n) is 11.6. The first-order chi connectivity index (χ1) is 16.2. The quantitative estimate of drug-likeness (QED) is 0.360. The Balaban J connectivity index is 1.18. The van der Waals surface area contributed by atoms with Crippen LogP contribution in [-0.4, -0.2) is 42.2 Å². The Bertz CT molecular complexity index is 964. The van der Waals surface area contributed by atoms with Crippen LogP contribution in [0.3, 0.4) is 0 Å². The van der Waals surface area contributed by atoms with Gasteiger partial charge in [-0.1, -0.05) is 36.4 Å². The Morgan fingerprint density at radius 2 is 1.76 bits per heavy atom. The molecule has 1 heterocycles. The number of carbonyl (C=O) groups excluding carboxylic acids is 1. The second-order valence-corrected chi connectivity index (χ2v) is 7.93. The minimum atomic E-state index is 0.0636. The van der Waals surface area contributed by atoms with Crippen LogP contribution < -0.4 is 15.4 Å². The highest BCUT2D eigenvalue weighted by atomic mass is 16.5. The fourth-order valence-corrected chi connectivity index (χ4v) is 3.48. The highest BCUT2D eigenvalue weighted by molar-refractivity contribution is 5.78. The lowest BCUT2D eigenvalue weighted by Gasteiger charge is -2.07. The van der Waals surface area contributed by atoms with Crippen LogP contribution in [0.1, 0.15) is 36.8 Å². The van der Waals surface area contributed by atoms with Gasteiger partial charge in [-0.15, -0.1) is 0 Å². The third-order valence-electron chi connectivity index (χ3n) is 5.39. The van der Waals surface area contributed by atoms with Gasteiger partial charge in [-0.3, -0.25) is 4.79 Å². The van der Waals surface area contributed by atoms with E-state index in [4.69, 9.17) is 4.74 Å². The number of hydrogen-bond acceptors (Lipinski definition) is 4. The summed E-state index contributed by atoms with van der Waals surface area (Å²) in [5.41, 5.74) is 3.47. The Labute approximate surface area is 196 Å². The number of rotatable bonds is 14. The number of ether oxygens (including phenoxy) is 1. The van der Waals surface area contributed by atoms with E-state index >= 15 is 0 Å². The zero-order valence-corrected chi connectivity index (χ0v) is 19.4.